The predicted molar refractivity (Wildman–Crippen MR) is 110 cm³/mol. The normalized spacial score (nSPS) is 16.1. The molecule has 1 heterocycles. The van der Waals surface area contributed by atoms with Gasteiger partial charge in [-0.05, 0) is 55.2 Å². The van der Waals surface area contributed by atoms with Crippen LogP contribution in [-0.2, 0) is 16.0 Å². The van der Waals surface area contributed by atoms with E-state index in [0.717, 1.165) is 30.5 Å². The van der Waals surface area contributed by atoms with Crippen LogP contribution in [0.5, 0.6) is 5.75 Å². The van der Waals surface area contributed by atoms with Crippen LogP contribution < -0.4 is 15.0 Å². The molecule has 1 unspecified atom stereocenters. The lowest BCUT2D eigenvalue weighted by atomic mass is 10.1. The second-order valence-electron chi connectivity index (χ2n) is 7.19. The fraction of sp³-hybridized carbons (Fsp3) is 0.391. The molecule has 2 aromatic carbocycles. The van der Waals surface area contributed by atoms with Gasteiger partial charge in [-0.1, -0.05) is 25.1 Å². The number of anilines is 1. The van der Waals surface area contributed by atoms with Crippen molar-refractivity contribution < 1.29 is 18.7 Å². The van der Waals surface area contributed by atoms with Gasteiger partial charge in [0.1, 0.15) is 11.6 Å². The number of nitrogens with zero attached hydrogens (tertiary/aromatic N) is 1. The molecule has 5 nitrogen and oxygen atoms in total. The minimum absolute atomic E-state index is 0.00116. The fourth-order valence-corrected chi connectivity index (χ4v) is 3.49. The molecule has 2 amide bonds. The maximum Gasteiger partial charge on any atom is 0.227 e. The van der Waals surface area contributed by atoms with E-state index in [-0.39, 0.29) is 30.0 Å². The van der Waals surface area contributed by atoms with E-state index in [4.69, 9.17) is 4.74 Å². The first kappa shape index (κ1) is 20.8. The average Bonchev–Trinajstić information content (AvgIpc) is 3.13. The van der Waals surface area contributed by atoms with Gasteiger partial charge >= 0.3 is 0 Å². The van der Waals surface area contributed by atoms with Crippen LogP contribution in [0.4, 0.5) is 10.1 Å². The Morgan fingerprint density at radius 3 is 2.69 bits per heavy atom. The Morgan fingerprint density at radius 1 is 1.17 bits per heavy atom. The molecule has 1 N–H and O–H groups in total. The molecule has 0 radical (unpaired) electrons. The van der Waals surface area contributed by atoms with E-state index in [1.165, 1.54) is 12.1 Å². The summed E-state index contributed by atoms with van der Waals surface area (Å²) in [6.45, 7) is 3.53. The van der Waals surface area contributed by atoms with E-state index in [2.05, 4.69) is 12.2 Å². The van der Waals surface area contributed by atoms with Crippen LogP contribution in [-0.4, -0.2) is 31.5 Å². The Hall–Kier alpha value is -2.89. The number of unbranched alkanes of at least 4 members (excludes halogenated alkanes) is 1. The van der Waals surface area contributed by atoms with Gasteiger partial charge in [0.25, 0.3) is 0 Å². The van der Waals surface area contributed by atoms with Crippen molar-refractivity contribution in [3.63, 3.8) is 0 Å². The lowest BCUT2D eigenvalue weighted by Gasteiger charge is -2.20. The summed E-state index contributed by atoms with van der Waals surface area (Å²) < 4.78 is 18.4. The van der Waals surface area contributed by atoms with Gasteiger partial charge in [0.05, 0.1) is 12.5 Å². The largest absolute Gasteiger partial charge is 0.494 e. The summed E-state index contributed by atoms with van der Waals surface area (Å²) in [5, 5.41) is 2.93. The van der Waals surface area contributed by atoms with Crippen molar-refractivity contribution in [2.45, 2.75) is 32.6 Å². The smallest absolute Gasteiger partial charge is 0.227 e. The minimum Gasteiger partial charge on any atom is -0.494 e. The van der Waals surface area contributed by atoms with Gasteiger partial charge in [0.2, 0.25) is 11.8 Å². The summed E-state index contributed by atoms with van der Waals surface area (Å²) in [6.07, 6.45) is 2.64. The quantitative estimate of drug-likeness (QED) is 0.655. The number of hydrogen-bond donors (Lipinski definition) is 1. The van der Waals surface area contributed by atoms with E-state index in [9.17, 15) is 14.0 Å². The molecule has 1 aliphatic rings. The second-order valence-corrected chi connectivity index (χ2v) is 7.19. The van der Waals surface area contributed by atoms with E-state index < -0.39 is 0 Å². The van der Waals surface area contributed by atoms with Crippen molar-refractivity contribution in [3.05, 3.63) is 59.9 Å². The van der Waals surface area contributed by atoms with Gasteiger partial charge in [-0.15, -0.1) is 0 Å². The summed E-state index contributed by atoms with van der Waals surface area (Å²) in [5.41, 5.74) is 2.02. The summed E-state index contributed by atoms with van der Waals surface area (Å²) in [6, 6.07) is 13.8. The van der Waals surface area contributed by atoms with Crippen molar-refractivity contribution in [1.29, 1.82) is 0 Å². The zero-order valence-corrected chi connectivity index (χ0v) is 16.7. The number of benzene rings is 2. The minimum atomic E-state index is -0.317. The Bertz CT molecular complexity index is 838. The van der Waals surface area contributed by atoms with E-state index >= 15 is 0 Å². The number of ether oxygens (including phenoxy) is 1. The number of rotatable bonds is 9. The third-order valence-corrected chi connectivity index (χ3v) is 5.11. The zero-order chi connectivity index (χ0) is 20.6. The van der Waals surface area contributed by atoms with Crippen LogP contribution in [0.3, 0.4) is 0 Å². The zero-order valence-electron chi connectivity index (χ0n) is 16.7. The molecular weight excluding hydrogens is 371 g/mol. The summed E-state index contributed by atoms with van der Waals surface area (Å²) in [4.78, 5) is 26.6. The molecule has 0 aliphatic carbocycles. The molecule has 6 heteroatoms. The topological polar surface area (TPSA) is 58.6 Å². The molecule has 0 aromatic heterocycles. The first-order valence-corrected chi connectivity index (χ1v) is 10.1. The second kappa shape index (κ2) is 10.0. The first-order chi connectivity index (χ1) is 14.1. The third-order valence-electron chi connectivity index (χ3n) is 5.11. The number of aryl methyl sites for hydroxylation is 1. The highest BCUT2D eigenvalue weighted by Gasteiger charge is 2.35. The Morgan fingerprint density at radius 2 is 1.93 bits per heavy atom. The molecule has 1 aliphatic heterocycles. The van der Waals surface area contributed by atoms with Crippen molar-refractivity contribution in [1.82, 2.24) is 5.32 Å². The van der Waals surface area contributed by atoms with E-state index in [1.807, 2.05) is 24.3 Å². The SMILES string of the molecule is CCc1ccccc1N1CC(C(=O)NCCCCOc2ccc(F)cc2)CC1=O. The monoisotopic (exact) mass is 398 g/mol. The van der Waals surface area contributed by atoms with Crippen LogP contribution in [0.15, 0.2) is 48.5 Å². The highest BCUT2D eigenvalue weighted by atomic mass is 19.1. The van der Waals surface area contributed by atoms with Crippen LogP contribution in [0.2, 0.25) is 0 Å². The van der Waals surface area contributed by atoms with Crippen LogP contribution >= 0.6 is 0 Å². The number of halogens is 1. The van der Waals surface area contributed by atoms with Gasteiger partial charge in [0, 0.05) is 25.2 Å². The van der Waals surface area contributed by atoms with Gasteiger partial charge in [0.15, 0.2) is 0 Å². The molecule has 0 saturated carbocycles. The number of hydrogen-bond acceptors (Lipinski definition) is 3. The van der Waals surface area contributed by atoms with Gasteiger partial charge < -0.3 is 15.0 Å². The molecular formula is C23H27FN2O3. The van der Waals surface area contributed by atoms with Gasteiger partial charge in [-0.2, -0.15) is 0 Å². The van der Waals surface area contributed by atoms with Crippen molar-refractivity contribution >= 4 is 17.5 Å². The highest BCUT2D eigenvalue weighted by Crippen LogP contribution is 2.28. The van der Waals surface area contributed by atoms with Crippen molar-refractivity contribution in [2.24, 2.45) is 5.92 Å². The molecule has 1 atom stereocenters. The molecule has 1 fully saturated rings. The lowest BCUT2D eigenvalue weighted by molar-refractivity contribution is -0.126. The Balaban J connectivity index is 1.39. The standard InChI is InChI=1S/C23H27FN2O3/c1-2-17-7-3-4-8-21(17)26-16-18(15-22(26)27)23(28)25-13-5-6-14-29-20-11-9-19(24)10-12-20/h3-4,7-12,18H,2,5-6,13-16H2,1H3,(H,25,28). The average molecular weight is 398 g/mol. The number of carbonyl (C=O) groups is 2. The Labute approximate surface area is 170 Å². The third kappa shape index (κ3) is 5.56. The molecule has 1 saturated heterocycles. The predicted octanol–water partition coefficient (Wildman–Crippen LogP) is 3.72. The van der Waals surface area contributed by atoms with E-state index in [1.54, 1.807) is 17.0 Å². The molecule has 0 bridgehead atoms. The summed E-state index contributed by atoms with van der Waals surface area (Å²) in [5.74, 6) is -0.0505. The fourth-order valence-electron chi connectivity index (χ4n) is 3.49. The van der Waals surface area contributed by atoms with Gasteiger partial charge in [-0.25, -0.2) is 4.39 Å². The number of carbonyl (C=O) groups excluding carboxylic acids is 2. The number of para-hydroxylation sites is 1. The van der Waals surface area contributed by atoms with Crippen molar-refractivity contribution in [3.8, 4) is 5.75 Å². The molecule has 29 heavy (non-hydrogen) atoms. The van der Waals surface area contributed by atoms with Crippen LogP contribution in [0.25, 0.3) is 0 Å². The molecule has 0 spiro atoms. The maximum absolute atomic E-state index is 12.8. The molecule has 2 aromatic rings. The molecule has 3 rings (SSSR count). The lowest BCUT2D eigenvalue weighted by Crippen LogP contribution is -2.33. The van der Waals surface area contributed by atoms with Crippen LogP contribution in [0.1, 0.15) is 31.7 Å². The summed E-state index contributed by atoms with van der Waals surface area (Å²) in [7, 11) is 0. The van der Waals surface area contributed by atoms with Gasteiger partial charge in [-0.3, -0.25) is 9.59 Å². The highest BCUT2D eigenvalue weighted by molar-refractivity contribution is 6.00. The number of amides is 2. The van der Waals surface area contributed by atoms with Crippen molar-refractivity contribution in [2.75, 3.05) is 24.6 Å². The number of nitrogens with one attached hydrogen (secondary N) is 1. The van der Waals surface area contributed by atoms with E-state index in [0.29, 0.717) is 25.4 Å². The van der Waals surface area contributed by atoms with Crippen LogP contribution in [0, 0.1) is 11.7 Å². The Kier molecular flexibility index (Phi) is 7.22. The first-order valence-electron chi connectivity index (χ1n) is 10.1. The maximum atomic E-state index is 12.8. The molecule has 154 valence electrons. The summed E-state index contributed by atoms with van der Waals surface area (Å²) >= 11 is 0.